The van der Waals surface area contributed by atoms with Crippen molar-refractivity contribution in [3.05, 3.63) is 35.7 Å². The number of carbonyl (C=O) groups is 2. The number of ether oxygens (including phenoxy) is 2. The maximum atomic E-state index is 12.1. The van der Waals surface area contributed by atoms with Crippen LogP contribution in [0, 0.1) is 0 Å². The molecule has 2 N–H and O–H groups in total. The molecule has 0 unspecified atom stereocenters. The van der Waals surface area contributed by atoms with Crippen molar-refractivity contribution in [1.82, 2.24) is 15.0 Å². The van der Waals surface area contributed by atoms with E-state index in [0.29, 0.717) is 35.9 Å². The van der Waals surface area contributed by atoms with Crippen LogP contribution in [0.5, 0.6) is 0 Å². The van der Waals surface area contributed by atoms with Gasteiger partial charge in [-0.05, 0) is 57.9 Å². The number of benzene rings is 1. The number of hydrogen-bond donors (Lipinski definition) is 1. The van der Waals surface area contributed by atoms with Crippen LogP contribution in [0.25, 0.3) is 11.5 Å². The molecular formula is C20H28N4O5. The quantitative estimate of drug-likeness (QED) is 0.813. The SMILES string of the molecule is CC(C)(C)OC(=O)N1CCC(OCc2noc(-c3ccc(C(N)=O)cc3)n2)CC1.[HH]. The molecule has 0 spiro atoms. The van der Waals surface area contributed by atoms with Gasteiger partial charge in [-0.1, -0.05) is 5.16 Å². The third-order valence-electron chi connectivity index (χ3n) is 4.43. The first-order chi connectivity index (χ1) is 13.7. The van der Waals surface area contributed by atoms with Gasteiger partial charge in [0.2, 0.25) is 5.91 Å². The molecule has 1 saturated heterocycles. The van der Waals surface area contributed by atoms with Crippen LogP contribution in [0.15, 0.2) is 28.8 Å². The molecule has 29 heavy (non-hydrogen) atoms. The Balaban J connectivity index is 0.00000320. The number of likely N-dealkylation sites (tertiary alicyclic amines) is 1. The Morgan fingerprint density at radius 2 is 1.90 bits per heavy atom. The van der Waals surface area contributed by atoms with E-state index in [0.717, 1.165) is 12.8 Å². The molecule has 1 aliphatic heterocycles. The number of amides is 2. The van der Waals surface area contributed by atoms with E-state index in [-0.39, 0.29) is 20.2 Å². The highest BCUT2D eigenvalue weighted by Crippen LogP contribution is 2.20. The van der Waals surface area contributed by atoms with Gasteiger partial charge >= 0.3 is 6.09 Å². The Morgan fingerprint density at radius 1 is 1.24 bits per heavy atom. The third kappa shape index (κ3) is 5.77. The summed E-state index contributed by atoms with van der Waals surface area (Å²) < 4.78 is 16.5. The summed E-state index contributed by atoms with van der Waals surface area (Å²) in [5, 5.41) is 3.93. The molecule has 0 radical (unpaired) electrons. The van der Waals surface area contributed by atoms with Crippen LogP contribution in [-0.4, -0.2) is 51.8 Å². The fourth-order valence-corrected chi connectivity index (χ4v) is 2.93. The zero-order valence-electron chi connectivity index (χ0n) is 16.9. The fraction of sp³-hybridized carbons (Fsp3) is 0.500. The van der Waals surface area contributed by atoms with Gasteiger partial charge in [-0.15, -0.1) is 0 Å². The summed E-state index contributed by atoms with van der Waals surface area (Å²) in [5.74, 6) is 0.293. The van der Waals surface area contributed by atoms with Gasteiger partial charge in [-0.2, -0.15) is 4.98 Å². The van der Waals surface area contributed by atoms with Crippen molar-refractivity contribution in [1.29, 1.82) is 0 Å². The van der Waals surface area contributed by atoms with Gasteiger partial charge in [0.1, 0.15) is 12.2 Å². The number of piperidine rings is 1. The molecule has 0 atom stereocenters. The van der Waals surface area contributed by atoms with Gasteiger partial charge in [0.05, 0.1) is 6.10 Å². The Morgan fingerprint density at radius 3 is 2.48 bits per heavy atom. The average Bonchev–Trinajstić information content (AvgIpc) is 3.14. The number of carbonyl (C=O) groups excluding carboxylic acids is 2. The van der Waals surface area contributed by atoms with Gasteiger partial charge in [0.15, 0.2) is 5.82 Å². The minimum atomic E-state index is -0.499. The summed E-state index contributed by atoms with van der Waals surface area (Å²) in [6, 6.07) is 6.61. The highest BCUT2D eigenvalue weighted by molar-refractivity contribution is 5.93. The Kier molecular flexibility index (Phi) is 6.17. The van der Waals surface area contributed by atoms with Crippen molar-refractivity contribution >= 4 is 12.0 Å². The monoisotopic (exact) mass is 404 g/mol. The molecule has 2 heterocycles. The normalized spacial score (nSPS) is 15.3. The molecule has 2 aromatic rings. The van der Waals surface area contributed by atoms with Crippen LogP contribution in [0.1, 0.15) is 51.2 Å². The fourth-order valence-electron chi connectivity index (χ4n) is 2.93. The molecular weight excluding hydrogens is 376 g/mol. The number of rotatable bonds is 5. The van der Waals surface area contributed by atoms with Crippen LogP contribution >= 0.6 is 0 Å². The summed E-state index contributed by atoms with van der Waals surface area (Å²) in [4.78, 5) is 29.3. The first-order valence-corrected chi connectivity index (χ1v) is 9.53. The molecule has 158 valence electrons. The molecule has 9 nitrogen and oxygen atoms in total. The first kappa shape index (κ1) is 20.8. The van der Waals surface area contributed by atoms with E-state index >= 15 is 0 Å². The van der Waals surface area contributed by atoms with E-state index in [2.05, 4.69) is 10.1 Å². The molecule has 3 rings (SSSR count). The summed E-state index contributed by atoms with van der Waals surface area (Å²) in [6.07, 6.45) is 1.17. The standard InChI is InChI=1S/C20H26N4O5.H2/c1-20(2,3)28-19(26)24-10-8-15(9-11-24)27-12-16-22-18(29-23-16)14-6-4-13(5-7-14)17(21)25;/h4-7,15H,8-12H2,1-3H3,(H2,21,25);1H. The second-order valence-electron chi connectivity index (χ2n) is 7.94. The molecule has 0 bridgehead atoms. The molecule has 9 heteroatoms. The van der Waals surface area contributed by atoms with Crippen LogP contribution in [0.4, 0.5) is 4.79 Å². The first-order valence-electron chi connectivity index (χ1n) is 9.53. The highest BCUT2D eigenvalue weighted by atomic mass is 16.6. The molecule has 0 saturated carbocycles. The lowest BCUT2D eigenvalue weighted by Gasteiger charge is -2.33. The zero-order valence-corrected chi connectivity index (χ0v) is 16.9. The number of hydrogen-bond acceptors (Lipinski definition) is 7. The summed E-state index contributed by atoms with van der Waals surface area (Å²) in [6.45, 7) is 6.95. The zero-order chi connectivity index (χ0) is 21.0. The summed E-state index contributed by atoms with van der Waals surface area (Å²) in [5.41, 5.74) is 5.84. The van der Waals surface area contributed by atoms with Crippen molar-refractivity contribution in [2.75, 3.05) is 13.1 Å². The lowest BCUT2D eigenvalue weighted by Crippen LogP contribution is -2.43. The Labute approximate surface area is 170 Å². The van der Waals surface area contributed by atoms with E-state index in [9.17, 15) is 9.59 Å². The maximum absolute atomic E-state index is 12.1. The third-order valence-corrected chi connectivity index (χ3v) is 4.43. The predicted molar refractivity (Wildman–Crippen MR) is 106 cm³/mol. The van der Waals surface area contributed by atoms with Crippen molar-refractivity contribution < 1.29 is 25.0 Å². The lowest BCUT2D eigenvalue weighted by molar-refractivity contribution is -0.0190. The van der Waals surface area contributed by atoms with Crippen molar-refractivity contribution in [3.8, 4) is 11.5 Å². The van der Waals surface area contributed by atoms with Gasteiger partial charge in [0, 0.05) is 25.6 Å². The number of primary amides is 1. The van der Waals surface area contributed by atoms with E-state index in [4.69, 9.17) is 19.7 Å². The van der Waals surface area contributed by atoms with E-state index in [1.807, 2.05) is 20.8 Å². The minimum absolute atomic E-state index is 0. The molecule has 1 aliphatic rings. The number of aromatic nitrogens is 2. The summed E-state index contributed by atoms with van der Waals surface area (Å²) in [7, 11) is 0. The van der Waals surface area contributed by atoms with Crippen LogP contribution in [-0.2, 0) is 16.1 Å². The number of nitrogens with two attached hydrogens (primary N) is 1. The maximum Gasteiger partial charge on any atom is 0.410 e. The van der Waals surface area contributed by atoms with E-state index in [1.165, 1.54) is 0 Å². The molecule has 0 aliphatic carbocycles. The Bertz CT molecular complexity index is 855. The van der Waals surface area contributed by atoms with Gasteiger partial charge in [-0.25, -0.2) is 4.79 Å². The largest absolute Gasteiger partial charge is 0.444 e. The molecule has 2 amide bonds. The van der Waals surface area contributed by atoms with Crippen molar-refractivity contribution in [3.63, 3.8) is 0 Å². The van der Waals surface area contributed by atoms with E-state index < -0.39 is 11.5 Å². The molecule has 1 aromatic heterocycles. The number of nitrogens with zero attached hydrogens (tertiary/aromatic N) is 3. The van der Waals surface area contributed by atoms with E-state index in [1.54, 1.807) is 29.2 Å². The van der Waals surface area contributed by atoms with Crippen LogP contribution in [0.3, 0.4) is 0 Å². The predicted octanol–water partition coefficient (Wildman–Crippen LogP) is 3.00. The van der Waals surface area contributed by atoms with Gasteiger partial charge in [0.25, 0.3) is 5.89 Å². The second kappa shape index (κ2) is 8.60. The topological polar surface area (TPSA) is 121 Å². The highest BCUT2D eigenvalue weighted by Gasteiger charge is 2.27. The Hall–Kier alpha value is -2.94. The van der Waals surface area contributed by atoms with Crippen LogP contribution in [0.2, 0.25) is 0 Å². The summed E-state index contributed by atoms with van der Waals surface area (Å²) >= 11 is 0. The van der Waals surface area contributed by atoms with Crippen molar-refractivity contribution in [2.24, 2.45) is 5.73 Å². The lowest BCUT2D eigenvalue weighted by atomic mass is 10.1. The second-order valence-corrected chi connectivity index (χ2v) is 7.94. The minimum Gasteiger partial charge on any atom is -0.444 e. The van der Waals surface area contributed by atoms with Gasteiger partial charge < -0.3 is 24.6 Å². The molecule has 1 aromatic carbocycles. The molecule has 1 fully saturated rings. The van der Waals surface area contributed by atoms with Crippen LogP contribution < -0.4 is 5.73 Å². The van der Waals surface area contributed by atoms with Crippen molar-refractivity contribution in [2.45, 2.75) is 51.9 Å². The smallest absolute Gasteiger partial charge is 0.410 e. The van der Waals surface area contributed by atoms with Gasteiger partial charge in [-0.3, -0.25) is 4.79 Å². The average molecular weight is 404 g/mol.